The highest BCUT2D eigenvalue weighted by molar-refractivity contribution is 7.84. The third kappa shape index (κ3) is 6.23. The molecule has 0 fully saturated rings. The first-order valence-electron chi connectivity index (χ1n) is 8.89. The lowest BCUT2D eigenvalue weighted by Crippen LogP contribution is -2.36. The Balaban J connectivity index is 2.25. The van der Waals surface area contributed by atoms with Gasteiger partial charge >= 0.3 is 0 Å². The first-order chi connectivity index (χ1) is 12.7. The van der Waals surface area contributed by atoms with E-state index in [-0.39, 0.29) is 10.8 Å². The minimum atomic E-state index is -1.19. The molecule has 0 aliphatic rings. The van der Waals surface area contributed by atoms with Crippen LogP contribution in [0.4, 0.5) is 0 Å². The molecule has 1 N–H and O–H groups in total. The molecule has 2 rings (SSSR count). The molecule has 4 nitrogen and oxygen atoms in total. The molecule has 2 atom stereocenters. The summed E-state index contributed by atoms with van der Waals surface area (Å²) in [5.74, 6) is 1.34. The minimum Gasteiger partial charge on any atom is -0.493 e. The van der Waals surface area contributed by atoms with Crippen molar-refractivity contribution in [3.05, 3.63) is 58.6 Å². The standard InChI is InChI=1S/C21H28ClNO3S/c1-21(2,3)27(24)23-18(12-8-15-6-10-17(22)11-7-15)16-9-13-19(25-4)20(14-16)26-5/h6-7,9-11,13-14,18,23H,8,12H2,1-5H3. The van der Waals surface area contributed by atoms with E-state index in [0.717, 1.165) is 23.4 Å². The van der Waals surface area contributed by atoms with E-state index in [0.29, 0.717) is 11.5 Å². The van der Waals surface area contributed by atoms with Crippen molar-refractivity contribution in [2.24, 2.45) is 0 Å². The summed E-state index contributed by atoms with van der Waals surface area (Å²) < 4.78 is 26.4. The largest absolute Gasteiger partial charge is 0.493 e. The van der Waals surface area contributed by atoms with Gasteiger partial charge in [0.15, 0.2) is 11.5 Å². The van der Waals surface area contributed by atoms with Crippen LogP contribution in [0.3, 0.4) is 0 Å². The average Bonchev–Trinajstić information content (AvgIpc) is 2.64. The fraction of sp³-hybridized carbons (Fsp3) is 0.429. The second kappa shape index (κ2) is 9.58. The Labute approximate surface area is 169 Å². The molecule has 0 amide bonds. The summed E-state index contributed by atoms with van der Waals surface area (Å²) in [6.07, 6.45) is 1.63. The van der Waals surface area contributed by atoms with Gasteiger partial charge in [-0.2, -0.15) is 0 Å². The highest BCUT2D eigenvalue weighted by Gasteiger charge is 2.24. The molecule has 2 unspecified atom stereocenters. The molecule has 0 spiro atoms. The predicted molar refractivity (Wildman–Crippen MR) is 113 cm³/mol. The van der Waals surface area contributed by atoms with E-state index in [4.69, 9.17) is 21.1 Å². The maximum absolute atomic E-state index is 12.7. The molecule has 2 aromatic rings. The summed E-state index contributed by atoms with van der Waals surface area (Å²) in [5, 5.41) is 0.724. The number of aryl methyl sites for hydroxylation is 1. The van der Waals surface area contributed by atoms with Crippen molar-refractivity contribution in [1.82, 2.24) is 4.72 Å². The van der Waals surface area contributed by atoms with Crippen LogP contribution in [0.5, 0.6) is 11.5 Å². The number of nitrogens with one attached hydrogen (secondary N) is 1. The molecule has 148 valence electrons. The number of hydrogen-bond donors (Lipinski definition) is 1. The van der Waals surface area contributed by atoms with E-state index in [2.05, 4.69) is 4.72 Å². The fourth-order valence-corrected chi connectivity index (χ4v) is 3.62. The Morgan fingerprint density at radius 2 is 1.67 bits per heavy atom. The van der Waals surface area contributed by atoms with Gasteiger partial charge in [0, 0.05) is 11.1 Å². The quantitative estimate of drug-likeness (QED) is 0.661. The summed E-state index contributed by atoms with van der Waals surface area (Å²) in [6, 6.07) is 13.6. The number of benzene rings is 2. The van der Waals surface area contributed by atoms with E-state index in [1.54, 1.807) is 14.2 Å². The van der Waals surface area contributed by atoms with Gasteiger partial charge in [0.1, 0.15) is 0 Å². The van der Waals surface area contributed by atoms with Crippen molar-refractivity contribution in [2.75, 3.05) is 14.2 Å². The van der Waals surface area contributed by atoms with Gasteiger partial charge in [-0.3, -0.25) is 0 Å². The first kappa shape index (κ1) is 21.7. The van der Waals surface area contributed by atoms with Crippen LogP contribution in [-0.4, -0.2) is 23.2 Å². The Bertz CT molecular complexity index is 772. The maximum Gasteiger partial charge on any atom is 0.161 e. The highest BCUT2D eigenvalue weighted by Crippen LogP contribution is 2.32. The lowest BCUT2D eigenvalue weighted by molar-refractivity contribution is 0.354. The number of methoxy groups -OCH3 is 2. The van der Waals surface area contributed by atoms with Crippen LogP contribution >= 0.6 is 11.6 Å². The SMILES string of the molecule is COc1ccc(C(CCc2ccc(Cl)cc2)NS(=O)C(C)(C)C)cc1OC. The average molecular weight is 410 g/mol. The molecule has 0 radical (unpaired) electrons. The van der Waals surface area contributed by atoms with Gasteiger partial charge in [0.05, 0.1) is 30.0 Å². The van der Waals surface area contributed by atoms with Gasteiger partial charge in [0.2, 0.25) is 0 Å². The molecular formula is C21H28ClNO3S. The lowest BCUT2D eigenvalue weighted by Gasteiger charge is -2.25. The molecule has 0 aliphatic carbocycles. The second-order valence-corrected chi connectivity index (χ2v) is 9.77. The molecule has 0 bridgehead atoms. The third-order valence-electron chi connectivity index (χ3n) is 4.25. The van der Waals surface area contributed by atoms with Crippen molar-refractivity contribution >= 4 is 22.6 Å². The van der Waals surface area contributed by atoms with Gasteiger partial charge in [-0.05, 0) is 69.0 Å². The van der Waals surface area contributed by atoms with E-state index < -0.39 is 11.0 Å². The second-order valence-electron chi connectivity index (χ2n) is 7.33. The predicted octanol–water partition coefficient (Wildman–Crippen LogP) is 5.08. The van der Waals surface area contributed by atoms with Crippen LogP contribution in [0.2, 0.25) is 5.02 Å². The Hall–Kier alpha value is -1.56. The van der Waals surface area contributed by atoms with Crippen molar-refractivity contribution in [3.8, 4) is 11.5 Å². The smallest absolute Gasteiger partial charge is 0.161 e. The maximum atomic E-state index is 12.7. The Morgan fingerprint density at radius 1 is 1.04 bits per heavy atom. The van der Waals surface area contributed by atoms with Crippen LogP contribution < -0.4 is 14.2 Å². The molecule has 0 heterocycles. The number of ether oxygens (including phenoxy) is 2. The van der Waals surface area contributed by atoms with Crippen molar-refractivity contribution in [3.63, 3.8) is 0 Å². The lowest BCUT2D eigenvalue weighted by atomic mass is 9.99. The zero-order chi connectivity index (χ0) is 20.0. The summed E-state index contributed by atoms with van der Waals surface area (Å²) in [4.78, 5) is 0. The van der Waals surface area contributed by atoms with Crippen LogP contribution in [0.25, 0.3) is 0 Å². The zero-order valence-electron chi connectivity index (χ0n) is 16.5. The Kier molecular flexibility index (Phi) is 7.71. The molecule has 2 aromatic carbocycles. The van der Waals surface area contributed by atoms with Gasteiger partial charge in [-0.1, -0.05) is 29.8 Å². The first-order valence-corrected chi connectivity index (χ1v) is 10.4. The van der Waals surface area contributed by atoms with Crippen LogP contribution in [0.1, 0.15) is 44.4 Å². The zero-order valence-corrected chi connectivity index (χ0v) is 18.1. The van der Waals surface area contributed by atoms with Gasteiger partial charge < -0.3 is 9.47 Å². The van der Waals surface area contributed by atoms with Crippen LogP contribution in [0.15, 0.2) is 42.5 Å². The van der Waals surface area contributed by atoms with Crippen LogP contribution in [-0.2, 0) is 17.4 Å². The molecule has 0 aliphatic heterocycles. The van der Waals surface area contributed by atoms with E-state index >= 15 is 0 Å². The summed E-state index contributed by atoms with van der Waals surface area (Å²) in [7, 11) is 2.04. The number of halogens is 1. The van der Waals surface area contributed by atoms with Crippen molar-refractivity contribution < 1.29 is 13.7 Å². The van der Waals surface area contributed by atoms with Gasteiger partial charge in [-0.15, -0.1) is 0 Å². The highest BCUT2D eigenvalue weighted by atomic mass is 35.5. The van der Waals surface area contributed by atoms with E-state index in [9.17, 15) is 4.21 Å². The molecule has 0 aromatic heterocycles. The van der Waals surface area contributed by atoms with Crippen LogP contribution in [0, 0.1) is 0 Å². The number of hydrogen-bond acceptors (Lipinski definition) is 3. The van der Waals surface area contributed by atoms with Gasteiger partial charge in [-0.25, -0.2) is 8.93 Å². The third-order valence-corrected chi connectivity index (χ3v) is 6.11. The minimum absolute atomic E-state index is 0.0828. The molecule has 0 saturated carbocycles. The summed E-state index contributed by atoms with van der Waals surface area (Å²) in [5.41, 5.74) is 2.20. The van der Waals surface area contributed by atoms with E-state index in [1.807, 2.05) is 63.2 Å². The molecule has 27 heavy (non-hydrogen) atoms. The Morgan fingerprint density at radius 3 is 2.22 bits per heavy atom. The fourth-order valence-electron chi connectivity index (χ4n) is 2.63. The normalized spacial score (nSPS) is 13.9. The summed E-state index contributed by atoms with van der Waals surface area (Å²) in [6.45, 7) is 5.88. The van der Waals surface area contributed by atoms with Gasteiger partial charge in [0.25, 0.3) is 0 Å². The van der Waals surface area contributed by atoms with Crippen molar-refractivity contribution in [1.29, 1.82) is 0 Å². The summed E-state index contributed by atoms with van der Waals surface area (Å²) >= 11 is 5.97. The van der Waals surface area contributed by atoms with E-state index in [1.165, 1.54) is 5.56 Å². The molecule has 6 heteroatoms. The molecular weight excluding hydrogens is 382 g/mol. The monoisotopic (exact) mass is 409 g/mol. The topological polar surface area (TPSA) is 47.6 Å². The number of rotatable bonds is 8. The van der Waals surface area contributed by atoms with Crippen molar-refractivity contribution in [2.45, 2.75) is 44.4 Å². The molecule has 0 saturated heterocycles.